The van der Waals surface area contributed by atoms with Gasteiger partial charge in [-0.3, -0.25) is 9.59 Å². The lowest BCUT2D eigenvalue weighted by Gasteiger charge is -2.29. The molecule has 0 spiro atoms. The number of benzene rings is 3. The van der Waals surface area contributed by atoms with Crippen LogP contribution in [0.2, 0.25) is 0 Å². The molecule has 0 aromatic heterocycles. The summed E-state index contributed by atoms with van der Waals surface area (Å²) in [4.78, 5) is 25.9. The molecule has 4 heteroatoms. The highest BCUT2D eigenvalue weighted by molar-refractivity contribution is 9.10. The van der Waals surface area contributed by atoms with Gasteiger partial charge < -0.3 is 5.32 Å². The Morgan fingerprint density at radius 3 is 1.90 bits per heavy atom. The van der Waals surface area contributed by atoms with Crippen LogP contribution in [-0.4, -0.2) is 16.5 Å². The fourth-order valence-electron chi connectivity index (χ4n) is 4.03. The summed E-state index contributed by atoms with van der Waals surface area (Å²) in [7, 11) is 0. The molecule has 0 radical (unpaired) electrons. The fourth-order valence-corrected chi connectivity index (χ4v) is 4.30. The Kier molecular flexibility index (Phi) is 4.91. The van der Waals surface area contributed by atoms with Crippen molar-refractivity contribution in [3.63, 3.8) is 0 Å². The van der Waals surface area contributed by atoms with Gasteiger partial charge in [-0.1, -0.05) is 75.6 Å². The Morgan fingerprint density at radius 2 is 1.41 bits per heavy atom. The van der Waals surface area contributed by atoms with Crippen molar-refractivity contribution < 1.29 is 9.59 Å². The number of hydrogen-bond acceptors (Lipinski definition) is 2. The molecule has 0 saturated heterocycles. The van der Waals surface area contributed by atoms with Gasteiger partial charge in [-0.15, -0.1) is 0 Å². The lowest BCUT2D eigenvalue weighted by atomic mass is 9.69. The van der Waals surface area contributed by atoms with Gasteiger partial charge in [0.1, 0.15) is 5.41 Å². The second-order valence-corrected chi connectivity index (χ2v) is 9.05. The van der Waals surface area contributed by atoms with Crippen LogP contribution in [0.3, 0.4) is 0 Å². The number of rotatable bonds is 4. The molecular formula is C25H22BrNO2. The first kappa shape index (κ1) is 19.6. The van der Waals surface area contributed by atoms with E-state index in [2.05, 4.69) is 21.2 Å². The van der Waals surface area contributed by atoms with Crippen molar-refractivity contribution >= 4 is 33.3 Å². The van der Waals surface area contributed by atoms with Crippen molar-refractivity contribution in [3.05, 3.63) is 100 Å². The van der Waals surface area contributed by atoms with Crippen LogP contribution in [0, 0.1) is 13.8 Å². The fraction of sp³-hybridized carbons (Fsp3) is 0.200. The number of hydrogen-bond donors (Lipinski definition) is 1. The number of Topliss-reactive ketones (excluding diaryl/α,β-unsaturated/α-hetero) is 1. The number of fused-ring (bicyclic) bond motifs is 1. The number of ketones is 1. The minimum Gasteiger partial charge on any atom is -0.324 e. The second kappa shape index (κ2) is 7.27. The van der Waals surface area contributed by atoms with Gasteiger partial charge in [0.15, 0.2) is 5.78 Å². The Labute approximate surface area is 179 Å². The Morgan fingerprint density at radius 1 is 0.897 bits per heavy atom. The van der Waals surface area contributed by atoms with Crippen LogP contribution in [-0.2, 0) is 10.2 Å². The third-order valence-electron chi connectivity index (χ3n) is 5.63. The van der Waals surface area contributed by atoms with Gasteiger partial charge in [-0.25, -0.2) is 0 Å². The number of halogens is 1. The summed E-state index contributed by atoms with van der Waals surface area (Å²) >= 11 is 3.37. The van der Waals surface area contributed by atoms with E-state index in [1.54, 1.807) is 6.07 Å². The second-order valence-electron chi connectivity index (χ2n) is 7.68. The minimum atomic E-state index is -0.997. The molecule has 1 heterocycles. The standard InChI is InChI=1S/C25H22BrNO2/c1-15-4-9-19(10-5-15)25(20-11-6-16(2)7-12-20)21-14-18(23(28)17(3)26)8-13-22(21)27-24(25)29/h4-14,17H,1-3H3,(H,27,29). The van der Waals surface area contributed by atoms with Crippen molar-refractivity contribution in [2.24, 2.45) is 0 Å². The van der Waals surface area contributed by atoms with E-state index >= 15 is 0 Å². The smallest absolute Gasteiger partial charge is 0.244 e. The maximum Gasteiger partial charge on any atom is 0.244 e. The lowest BCUT2D eigenvalue weighted by Crippen LogP contribution is -2.37. The quantitative estimate of drug-likeness (QED) is 0.420. The summed E-state index contributed by atoms with van der Waals surface area (Å²) in [6.07, 6.45) is 0. The number of anilines is 1. The van der Waals surface area contributed by atoms with E-state index < -0.39 is 5.41 Å². The molecule has 4 rings (SSSR count). The van der Waals surface area contributed by atoms with E-state index in [0.717, 1.165) is 33.5 Å². The number of carbonyl (C=O) groups is 2. The van der Waals surface area contributed by atoms with Crippen LogP contribution in [0.25, 0.3) is 0 Å². The van der Waals surface area contributed by atoms with Crippen LogP contribution < -0.4 is 5.32 Å². The highest BCUT2D eigenvalue weighted by Gasteiger charge is 2.50. The van der Waals surface area contributed by atoms with Gasteiger partial charge in [-0.05, 0) is 50.1 Å². The average Bonchev–Trinajstić information content (AvgIpc) is 3.00. The van der Waals surface area contributed by atoms with Crippen LogP contribution in [0.15, 0.2) is 66.7 Å². The van der Waals surface area contributed by atoms with E-state index in [9.17, 15) is 9.59 Å². The molecule has 0 aliphatic carbocycles. The number of nitrogens with one attached hydrogen (secondary N) is 1. The number of aryl methyl sites for hydroxylation is 2. The molecule has 3 aromatic carbocycles. The van der Waals surface area contributed by atoms with Crippen LogP contribution in [0.1, 0.15) is 45.1 Å². The first-order valence-electron chi connectivity index (χ1n) is 9.62. The summed E-state index contributed by atoms with van der Waals surface area (Å²) in [6, 6.07) is 21.6. The number of amides is 1. The molecule has 0 bridgehead atoms. The summed E-state index contributed by atoms with van der Waals surface area (Å²) in [5.41, 5.74) is 5.19. The topological polar surface area (TPSA) is 46.2 Å². The third kappa shape index (κ3) is 3.12. The SMILES string of the molecule is Cc1ccc(C2(c3ccc(C)cc3)C(=O)Nc3ccc(C(=O)C(C)Br)cc32)cc1. The minimum absolute atomic E-state index is 0.00568. The zero-order valence-electron chi connectivity index (χ0n) is 16.6. The molecule has 3 nitrogen and oxygen atoms in total. The zero-order chi connectivity index (χ0) is 20.8. The van der Waals surface area contributed by atoms with E-state index in [1.807, 2.05) is 81.4 Å². The normalized spacial score (nSPS) is 15.5. The molecule has 1 aliphatic heterocycles. The van der Waals surface area contributed by atoms with Crippen LogP contribution in [0.4, 0.5) is 5.69 Å². The monoisotopic (exact) mass is 447 g/mol. The molecule has 1 unspecified atom stereocenters. The average molecular weight is 448 g/mol. The molecular weight excluding hydrogens is 426 g/mol. The maximum atomic E-state index is 13.5. The largest absolute Gasteiger partial charge is 0.324 e. The van der Waals surface area contributed by atoms with Crippen molar-refractivity contribution in [3.8, 4) is 0 Å². The van der Waals surface area contributed by atoms with Gasteiger partial charge in [0.05, 0.1) is 4.83 Å². The van der Waals surface area contributed by atoms with Crippen molar-refractivity contribution in [2.75, 3.05) is 5.32 Å². The predicted octanol–water partition coefficient (Wildman–Crippen LogP) is 5.56. The summed E-state index contributed by atoms with van der Waals surface area (Å²) in [5, 5.41) is 3.05. The van der Waals surface area contributed by atoms with E-state index in [-0.39, 0.29) is 16.5 Å². The summed E-state index contributed by atoms with van der Waals surface area (Å²) in [5.74, 6) is -0.106. The predicted molar refractivity (Wildman–Crippen MR) is 120 cm³/mol. The highest BCUT2D eigenvalue weighted by atomic mass is 79.9. The molecule has 1 aliphatic rings. The van der Waals surface area contributed by atoms with Crippen molar-refractivity contribution in [2.45, 2.75) is 31.0 Å². The Balaban J connectivity index is 2.03. The Bertz CT molecular complexity index is 1050. The van der Waals surface area contributed by atoms with Crippen LogP contribution >= 0.6 is 15.9 Å². The van der Waals surface area contributed by atoms with Crippen LogP contribution in [0.5, 0.6) is 0 Å². The molecule has 3 aromatic rings. The molecule has 0 saturated carbocycles. The molecule has 1 atom stereocenters. The highest BCUT2D eigenvalue weighted by Crippen LogP contribution is 2.48. The Hall–Kier alpha value is -2.72. The van der Waals surface area contributed by atoms with Gasteiger partial charge in [-0.2, -0.15) is 0 Å². The zero-order valence-corrected chi connectivity index (χ0v) is 18.2. The molecule has 146 valence electrons. The molecule has 1 amide bonds. The van der Waals surface area contributed by atoms with E-state index in [4.69, 9.17) is 0 Å². The number of carbonyl (C=O) groups excluding carboxylic acids is 2. The summed E-state index contributed by atoms with van der Waals surface area (Å²) < 4.78 is 0. The molecule has 0 fully saturated rings. The van der Waals surface area contributed by atoms with Crippen molar-refractivity contribution in [1.82, 2.24) is 0 Å². The first-order valence-corrected chi connectivity index (χ1v) is 10.5. The molecule has 29 heavy (non-hydrogen) atoms. The number of alkyl halides is 1. The van der Waals surface area contributed by atoms with Gasteiger partial charge in [0.25, 0.3) is 0 Å². The third-order valence-corrected chi connectivity index (χ3v) is 6.04. The maximum absolute atomic E-state index is 13.5. The summed E-state index contributed by atoms with van der Waals surface area (Å²) in [6.45, 7) is 5.87. The molecule has 1 N–H and O–H groups in total. The van der Waals surface area contributed by atoms with E-state index in [1.165, 1.54) is 0 Å². The lowest BCUT2D eigenvalue weighted by molar-refractivity contribution is -0.118. The van der Waals surface area contributed by atoms with E-state index in [0.29, 0.717) is 5.56 Å². The van der Waals surface area contributed by atoms with Gasteiger partial charge >= 0.3 is 0 Å². The van der Waals surface area contributed by atoms with Crippen molar-refractivity contribution in [1.29, 1.82) is 0 Å². The van der Waals surface area contributed by atoms with Gasteiger partial charge in [0, 0.05) is 16.8 Å². The van der Waals surface area contributed by atoms with Gasteiger partial charge in [0.2, 0.25) is 5.91 Å². The first-order chi connectivity index (χ1) is 13.8.